The topological polar surface area (TPSA) is 32.8 Å². The zero-order valence-corrected chi connectivity index (χ0v) is 15.0. The number of hydrogen-bond acceptors (Lipinski definition) is 3. The number of hydrogen-bond donors (Lipinski definition) is 0. The van der Waals surface area contributed by atoms with E-state index >= 15 is 0 Å². The first-order valence-electron chi connectivity index (χ1n) is 9.45. The maximum atomic E-state index is 12.2. The highest BCUT2D eigenvalue weighted by Crippen LogP contribution is 2.44. The molecular formula is C20H30N2O2. The fraction of sp³-hybridized carbons (Fsp3) is 0.650. The second-order valence-corrected chi connectivity index (χ2v) is 7.07. The van der Waals surface area contributed by atoms with Crippen LogP contribution in [0.5, 0.6) is 5.75 Å². The predicted octanol–water partition coefficient (Wildman–Crippen LogP) is 3.28. The highest BCUT2D eigenvalue weighted by Gasteiger charge is 2.44. The molecule has 2 atom stereocenters. The largest absolute Gasteiger partial charge is 0.494 e. The number of rotatable bonds is 9. The van der Waals surface area contributed by atoms with E-state index in [1.165, 1.54) is 32.5 Å². The van der Waals surface area contributed by atoms with Crippen LogP contribution in [0.3, 0.4) is 0 Å². The van der Waals surface area contributed by atoms with E-state index in [1.807, 2.05) is 43.0 Å². The van der Waals surface area contributed by atoms with E-state index in [-0.39, 0.29) is 5.91 Å². The normalized spacial score (nSPS) is 22.2. The summed E-state index contributed by atoms with van der Waals surface area (Å²) in [5.74, 6) is 3.00. The second-order valence-electron chi connectivity index (χ2n) is 7.07. The third-order valence-electron chi connectivity index (χ3n) is 5.34. The van der Waals surface area contributed by atoms with Crippen LogP contribution in [0.15, 0.2) is 24.3 Å². The van der Waals surface area contributed by atoms with E-state index < -0.39 is 0 Å². The monoisotopic (exact) mass is 330 g/mol. The van der Waals surface area contributed by atoms with Gasteiger partial charge in [0.25, 0.3) is 5.91 Å². The third-order valence-corrected chi connectivity index (χ3v) is 5.34. The summed E-state index contributed by atoms with van der Waals surface area (Å²) in [6.07, 6.45) is 3.77. The Morgan fingerprint density at radius 2 is 1.79 bits per heavy atom. The van der Waals surface area contributed by atoms with Gasteiger partial charge in [-0.25, -0.2) is 0 Å². The molecule has 0 aromatic heterocycles. The van der Waals surface area contributed by atoms with Crippen molar-refractivity contribution < 1.29 is 9.53 Å². The molecule has 4 heteroatoms. The first-order valence-corrected chi connectivity index (χ1v) is 9.45. The van der Waals surface area contributed by atoms with Gasteiger partial charge in [0.15, 0.2) is 0 Å². The van der Waals surface area contributed by atoms with Crippen molar-refractivity contribution in [2.75, 3.05) is 39.3 Å². The fourth-order valence-corrected chi connectivity index (χ4v) is 3.69. The molecule has 0 bridgehead atoms. The molecule has 0 radical (unpaired) electrons. The SMILES string of the molecule is CCN(CC)C(=O)c1ccc(OCCCCN2C[C@H]3C[C@H]3C2)cc1. The highest BCUT2D eigenvalue weighted by atomic mass is 16.5. The van der Waals surface area contributed by atoms with Crippen LogP contribution in [0.2, 0.25) is 0 Å². The summed E-state index contributed by atoms with van der Waals surface area (Å²) in [6, 6.07) is 7.55. The van der Waals surface area contributed by atoms with Crippen LogP contribution in [-0.2, 0) is 0 Å². The van der Waals surface area contributed by atoms with Crippen LogP contribution in [0.1, 0.15) is 43.5 Å². The highest BCUT2D eigenvalue weighted by molar-refractivity contribution is 5.94. The molecule has 1 aliphatic carbocycles. The van der Waals surface area contributed by atoms with Crippen LogP contribution in [0.4, 0.5) is 0 Å². The Kier molecular flexibility index (Phi) is 5.77. The predicted molar refractivity (Wildman–Crippen MR) is 96.5 cm³/mol. The van der Waals surface area contributed by atoms with Crippen LogP contribution >= 0.6 is 0 Å². The lowest BCUT2D eigenvalue weighted by Gasteiger charge is -2.18. The number of likely N-dealkylation sites (tertiary alicyclic amines) is 1. The quantitative estimate of drug-likeness (QED) is 0.652. The fourth-order valence-electron chi connectivity index (χ4n) is 3.69. The van der Waals surface area contributed by atoms with Crippen molar-refractivity contribution in [2.24, 2.45) is 11.8 Å². The van der Waals surface area contributed by atoms with Gasteiger partial charge in [-0.15, -0.1) is 0 Å². The van der Waals surface area contributed by atoms with E-state index in [0.29, 0.717) is 0 Å². The molecule has 1 heterocycles. The molecule has 1 amide bonds. The molecule has 1 saturated carbocycles. The van der Waals surface area contributed by atoms with E-state index in [0.717, 1.165) is 49.3 Å². The van der Waals surface area contributed by atoms with Crippen molar-refractivity contribution in [3.63, 3.8) is 0 Å². The summed E-state index contributed by atoms with van der Waals surface area (Å²) in [5.41, 5.74) is 0.735. The first-order chi connectivity index (χ1) is 11.7. The Bertz CT molecular complexity index is 529. The lowest BCUT2D eigenvalue weighted by atomic mass is 10.2. The van der Waals surface area contributed by atoms with Gasteiger partial charge in [-0.2, -0.15) is 0 Å². The molecule has 3 rings (SSSR count). The number of unbranched alkanes of at least 4 members (excludes halogenated alkanes) is 1. The Balaban J connectivity index is 1.34. The molecule has 1 aromatic carbocycles. The van der Waals surface area contributed by atoms with Gasteiger partial charge in [-0.1, -0.05) is 0 Å². The molecule has 4 nitrogen and oxygen atoms in total. The van der Waals surface area contributed by atoms with Crippen molar-refractivity contribution in [1.29, 1.82) is 0 Å². The van der Waals surface area contributed by atoms with Crippen molar-refractivity contribution in [1.82, 2.24) is 9.80 Å². The Labute approximate surface area is 145 Å². The number of piperidine rings is 1. The minimum absolute atomic E-state index is 0.0928. The summed E-state index contributed by atoms with van der Waals surface area (Å²) in [4.78, 5) is 16.7. The van der Waals surface area contributed by atoms with E-state index in [2.05, 4.69) is 4.90 Å². The number of carbonyl (C=O) groups excluding carboxylic acids is 1. The van der Waals surface area contributed by atoms with Gasteiger partial charge >= 0.3 is 0 Å². The molecule has 2 fully saturated rings. The minimum Gasteiger partial charge on any atom is -0.494 e. The molecular weight excluding hydrogens is 300 g/mol. The number of ether oxygens (including phenoxy) is 1. The Morgan fingerprint density at radius 3 is 2.42 bits per heavy atom. The van der Waals surface area contributed by atoms with Gasteiger partial charge < -0.3 is 14.5 Å². The third kappa shape index (κ3) is 4.29. The maximum Gasteiger partial charge on any atom is 0.253 e. The molecule has 2 aliphatic rings. The van der Waals surface area contributed by atoms with E-state index in [9.17, 15) is 4.79 Å². The number of amides is 1. The molecule has 1 aliphatic heterocycles. The zero-order valence-electron chi connectivity index (χ0n) is 15.0. The minimum atomic E-state index is 0.0928. The average molecular weight is 330 g/mol. The molecule has 0 spiro atoms. The zero-order chi connectivity index (χ0) is 16.9. The van der Waals surface area contributed by atoms with Gasteiger partial charge in [-0.3, -0.25) is 4.79 Å². The molecule has 1 aromatic rings. The second kappa shape index (κ2) is 8.02. The summed E-state index contributed by atoms with van der Waals surface area (Å²) >= 11 is 0. The average Bonchev–Trinajstić information content (AvgIpc) is 3.22. The Morgan fingerprint density at radius 1 is 1.12 bits per heavy atom. The van der Waals surface area contributed by atoms with Crippen LogP contribution in [0.25, 0.3) is 0 Å². The summed E-state index contributed by atoms with van der Waals surface area (Å²) < 4.78 is 5.81. The number of nitrogens with zero attached hydrogens (tertiary/aromatic N) is 2. The van der Waals surface area contributed by atoms with Gasteiger partial charge in [-0.05, 0) is 75.8 Å². The number of carbonyl (C=O) groups is 1. The molecule has 132 valence electrons. The molecule has 24 heavy (non-hydrogen) atoms. The van der Waals surface area contributed by atoms with Crippen molar-refractivity contribution in [2.45, 2.75) is 33.1 Å². The van der Waals surface area contributed by atoms with Crippen LogP contribution in [0, 0.1) is 11.8 Å². The standard InChI is InChI=1S/C20H30N2O2/c1-3-22(4-2)20(23)16-7-9-19(10-8-16)24-12-6-5-11-21-14-17-13-18(17)15-21/h7-10,17-18H,3-6,11-15H2,1-2H3/t17-,18+. The van der Waals surface area contributed by atoms with E-state index in [4.69, 9.17) is 4.74 Å². The van der Waals surface area contributed by atoms with Crippen LogP contribution < -0.4 is 4.74 Å². The first kappa shape index (κ1) is 17.3. The van der Waals surface area contributed by atoms with Gasteiger partial charge in [0, 0.05) is 31.7 Å². The lowest BCUT2D eigenvalue weighted by molar-refractivity contribution is 0.0773. The number of benzene rings is 1. The van der Waals surface area contributed by atoms with Gasteiger partial charge in [0.2, 0.25) is 0 Å². The van der Waals surface area contributed by atoms with Crippen molar-refractivity contribution in [3.8, 4) is 5.75 Å². The molecule has 1 saturated heterocycles. The summed E-state index contributed by atoms with van der Waals surface area (Å²) in [6.45, 7) is 10.1. The lowest BCUT2D eigenvalue weighted by Crippen LogP contribution is -2.30. The van der Waals surface area contributed by atoms with Crippen molar-refractivity contribution in [3.05, 3.63) is 29.8 Å². The summed E-state index contributed by atoms with van der Waals surface area (Å²) in [7, 11) is 0. The Hall–Kier alpha value is -1.55. The maximum absolute atomic E-state index is 12.2. The molecule has 0 N–H and O–H groups in total. The van der Waals surface area contributed by atoms with Crippen LogP contribution in [-0.4, -0.2) is 55.0 Å². The van der Waals surface area contributed by atoms with Gasteiger partial charge in [0.05, 0.1) is 6.61 Å². The van der Waals surface area contributed by atoms with E-state index in [1.54, 1.807) is 0 Å². The van der Waals surface area contributed by atoms with Crippen molar-refractivity contribution >= 4 is 5.91 Å². The summed E-state index contributed by atoms with van der Waals surface area (Å²) in [5, 5.41) is 0. The number of fused-ring (bicyclic) bond motifs is 1. The van der Waals surface area contributed by atoms with Gasteiger partial charge in [0.1, 0.15) is 5.75 Å². The molecule has 0 unspecified atom stereocenters. The smallest absolute Gasteiger partial charge is 0.253 e.